The van der Waals surface area contributed by atoms with E-state index in [1.807, 2.05) is 0 Å². The quantitative estimate of drug-likeness (QED) is 0.333. The first-order valence-corrected chi connectivity index (χ1v) is 4.27. The van der Waals surface area contributed by atoms with Crippen molar-refractivity contribution in [3.05, 3.63) is 21.5 Å². The lowest BCUT2D eigenvalue weighted by Crippen LogP contribution is -2.06. The largest absolute Gasteiger partial charge is 0.464 e. The summed E-state index contributed by atoms with van der Waals surface area (Å²) in [6, 6.07) is 0. The lowest BCUT2D eigenvalue weighted by Gasteiger charge is -1.93. The number of aromatic nitrogens is 2. The van der Waals surface area contributed by atoms with Crippen LogP contribution in [-0.2, 0) is 11.8 Å². The fraction of sp³-hybridized carbons (Fsp3) is 0.286. The van der Waals surface area contributed by atoms with E-state index in [1.54, 1.807) is 0 Å². The Hall–Kier alpha value is -1.96. The molecule has 0 amide bonds. The van der Waals surface area contributed by atoms with Crippen LogP contribution in [0.1, 0.15) is 21.0 Å². The number of nitro groups is 1. The molecule has 1 rings (SSSR count). The molecule has 0 aliphatic rings. The molecule has 8 nitrogen and oxygen atoms in total. The van der Waals surface area contributed by atoms with Crippen LogP contribution in [0.15, 0.2) is 0 Å². The predicted octanol–water partition coefficient (Wildman–Crippen LogP) is 0.494. The Bertz CT molecular complexity index is 481. The molecule has 1 heterocycles. The molecule has 0 saturated heterocycles. The van der Waals surface area contributed by atoms with Crippen molar-refractivity contribution in [1.82, 2.24) is 9.78 Å². The van der Waals surface area contributed by atoms with Crippen molar-refractivity contribution in [3.63, 3.8) is 0 Å². The zero-order chi connectivity index (χ0) is 12.5. The lowest BCUT2D eigenvalue weighted by molar-refractivity contribution is -0.385. The SMILES string of the molecule is COC(=O)c1nn(C)c(C(=O)Cl)c1[N+](=O)[O-]. The summed E-state index contributed by atoms with van der Waals surface area (Å²) in [7, 11) is 2.30. The molecule has 0 radical (unpaired) electrons. The first-order valence-electron chi connectivity index (χ1n) is 3.89. The fourth-order valence-electron chi connectivity index (χ4n) is 1.14. The van der Waals surface area contributed by atoms with Crippen molar-refractivity contribution < 1.29 is 19.2 Å². The normalized spacial score (nSPS) is 9.94. The van der Waals surface area contributed by atoms with Gasteiger partial charge in [-0.3, -0.25) is 19.6 Å². The summed E-state index contributed by atoms with van der Waals surface area (Å²) >= 11 is 5.16. The van der Waals surface area contributed by atoms with Gasteiger partial charge in [0.2, 0.25) is 5.69 Å². The maximum Gasteiger partial charge on any atom is 0.365 e. The molecule has 0 saturated carbocycles. The number of nitrogens with zero attached hydrogens (tertiary/aromatic N) is 3. The average molecular weight is 248 g/mol. The summed E-state index contributed by atoms with van der Waals surface area (Å²) in [6.45, 7) is 0. The lowest BCUT2D eigenvalue weighted by atomic mass is 10.3. The Morgan fingerprint density at radius 2 is 2.12 bits per heavy atom. The highest BCUT2D eigenvalue weighted by molar-refractivity contribution is 6.68. The number of hydrogen-bond acceptors (Lipinski definition) is 6. The van der Waals surface area contributed by atoms with Crippen LogP contribution in [0.3, 0.4) is 0 Å². The summed E-state index contributed by atoms with van der Waals surface area (Å²) in [5.74, 6) is -1.01. The zero-order valence-corrected chi connectivity index (χ0v) is 9.02. The Balaban J connectivity index is 3.53. The molecular formula is C7H6ClN3O5. The molecule has 0 fully saturated rings. The van der Waals surface area contributed by atoms with E-state index >= 15 is 0 Å². The van der Waals surface area contributed by atoms with E-state index in [-0.39, 0.29) is 0 Å². The third-order valence-electron chi connectivity index (χ3n) is 1.77. The van der Waals surface area contributed by atoms with E-state index in [2.05, 4.69) is 9.84 Å². The van der Waals surface area contributed by atoms with Crippen molar-refractivity contribution in [2.75, 3.05) is 7.11 Å². The number of carbonyl (C=O) groups is 2. The smallest absolute Gasteiger partial charge is 0.365 e. The van der Waals surface area contributed by atoms with Crippen molar-refractivity contribution in [3.8, 4) is 0 Å². The number of esters is 1. The van der Waals surface area contributed by atoms with Gasteiger partial charge in [-0.25, -0.2) is 4.79 Å². The Labute approximate surface area is 93.9 Å². The minimum atomic E-state index is -1.07. The fourth-order valence-corrected chi connectivity index (χ4v) is 1.35. The molecule has 1 aromatic rings. The second-order valence-corrected chi connectivity index (χ2v) is 3.04. The monoisotopic (exact) mass is 247 g/mol. The van der Waals surface area contributed by atoms with Crippen LogP contribution in [-0.4, -0.2) is 33.0 Å². The summed E-state index contributed by atoms with van der Waals surface area (Å²) in [5, 5.41) is 13.2. The molecule has 9 heteroatoms. The first kappa shape index (κ1) is 12.1. The molecular weight excluding hydrogens is 242 g/mol. The third-order valence-corrected chi connectivity index (χ3v) is 1.95. The highest BCUT2D eigenvalue weighted by atomic mass is 35.5. The van der Waals surface area contributed by atoms with Crippen molar-refractivity contribution >= 4 is 28.5 Å². The number of aryl methyl sites for hydroxylation is 1. The Morgan fingerprint density at radius 3 is 2.50 bits per heavy atom. The van der Waals surface area contributed by atoms with Gasteiger partial charge in [0.15, 0.2) is 5.69 Å². The molecule has 0 bridgehead atoms. The molecule has 0 atom stereocenters. The average Bonchev–Trinajstić information content (AvgIpc) is 2.54. The van der Waals surface area contributed by atoms with Crippen molar-refractivity contribution in [1.29, 1.82) is 0 Å². The second kappa shape index (κ2) is 4.27. The van der Waals surface area contributed by atoms with Gasteiger partial charge in [-0.1, -0.05) is 0 Å². The van der Waals surface area contributed by atoms with Gasteiger partial charge in [0, 0.05) is 7.05 Å². The molecule has 0 aromatic carbocycles. The van der Waals surface area contributed by atoms with Crippen LogP contribution < -0.4 is 0 Å². The van der Waals surface area contributed by atoms with Gasteiger partial charge in [0.25, 0.3) is 5.24 Å². The molecule has 0 unspecified atom stereocenters. The molecule has 0 aliphatic heterocycles. The molecule has 16 heavy (non-hydrogen) atoms. The van der Waals surface area contributed by atoms with E-state index in [9.17, 15) is 19.7 Å². The van der Waals surface area contributed by atoms with Crippen molar-refractivity contribution in [2.24, 2.45) is 7.05 Å². The van der Waals surface area contributed by atoms with Crippen LogP contribution in [0.25, 0.3) is 0 Å². The topological polar surface area (TPSA) is 104 Å². The highest BCUT2D eigenvalue weighted by Gasteiger charge is 2.34. The van der Waals surface area contributed by atoms with Crippen LogP contribution in [0.2, 0.25) is 0 Å². The third kappa shape index (κ3) is 1.87. The number of methoxy groups -OCH3 is 1. The minimum absolute atomic E-state index is 0.466. The number of carbonyl (C=O) groups excluding carboxylic acids is 2. The maximum absolute atomic E-state index is 11.2. The molecule has 86 valence electrons. The number of halogens is 1. The van der Waals surface area contributed by atoms with Gasteiger partial charge in [-0.05, 0) is 11.6 Å². The first-order chi connectivity index (χ1) is 7.40. The van der Waals surface area contributed by atoms with E-state index < -0.39 is 33.2 Å². The van der Waals surface area contributed by atoms with Gasteiger partial charge < -0.3 is 4.74 Å². The van der Waals surface area contributed by atoms with Crippen LogP contribution in [0.5, 0.6) is 0 Å². The Morgan fingerprint density at radius 1 is 1.56 bits per heavy atom. The summed E-state index contributed by atoms with van der Waals surface area (Å²) in [6.07, 6.45) is 0. The van der Waals surface area contributed by atoms with Gasteiger partial charge in [0.1, 0.15) is 0 Å². The Kier molecular flexibility index (Phi) is 3.23. The van der Waals surface area contributed by atoms with Gasteiger partial charge in [-0.15, -0.1) is 0 Å². The van der Waals surface area contributed by atoms with Crippen molar-refractivity contribution in [2.45, 2.75) is 0 Å². The molecule has 0 N–H and O–H groups in total. The predicted molar refractivity (Wildman–Crippen MR) is 51.4 cm³/mol. The summed E-state index contributed by atoms with van der Waals surface area (Å²) in [5.41, 5.74) is -1.78. The van der Waals surface area contributed by atoms with E-state index in [1.165, 1.54) is 7.05 Å². The van der Waals surface area contributed by atoms with Gasteiger partial charge in [0.05, 0.1) is 12.0 Å². The standard InChI is InChI=1S/C7H6ClN3O5/c1-10-5(6(8)12)4(11(14)15)3(9-10)7(13)16-2/h1-2H3. The zero-order valence-electron chi connectivity index (χ0n) is 8.26. The molecule has 0 aliphatic carbocycles. The number of hydrogen-bond donors (Lipinski definition) is 0. The minimum Gasteiger partial charge on any atom is -0.464 e. The molecule has 0 spiro atoms. The van der Waals surface area contributed by atoms with Gasteiger partial charge >= 0.3 is 11.7 Å². The number of rotatable bonds is 3. The van der Waals surface area contributed by atoms with Crippen LogP contribution in [0, 0.1) is 10.1 Å². The van der Waals surface area contributed by atoms with E-state index in [4.69, 9.17) is 11.6 Å². The summed E-state index contributed by atoms with van der Waals surface area (Å²) < 4.78 is 5.16. The second-order valence-electron chi connectivity index (χ2n) is 2.69. The summed E-state index contributed by atoms with van der Waals surface area (Å²) in [4.78, 5) is 31.9. The molecule has 1 aromatic heterocycles. The maximum atomic E-state index is 11.2. The van der Waals surface area contributed by atoms with Gasteiger partial charge in [-0.2, -0.15) is 5.10 Å². The van der Waals surface area contributed by atoms with E-state index in [0.29, 0.717) is 0 Å². The number of ether oxygens (including phenoxy) is 1. The van der Waals surface area contributed by atoms with E-state index in [0.717, 1.165) is 11.8 Å². The van der Waals surface area contributed by atoms with Crippen LogP contribution >= 0.6 is 11.6 Å². The highest BCUT2D eigenvalue weighted by Crippen LogP contribution is 2.24. The van der Waals surface area contributed by atoms with Crippen LogP contribution in [0.4, 0.5) is 5.69 Å².